The van der Waals surface area contributed by atoms with E-state index in [-0.39, 0.29) is 24.5 Å². The molecule has 1 fully saturated rings. The molecule has 21 heavy (non-hydrogen) atoms. The van der Waals surface area contributed by atoms with Crippen LogP contribution in [0.4, 0.5) is 4.79 Å². The summed E-state index contributed by atoms with van der Waals surface area (Å²) in [4.78, 5) is 14.2. The van der Waals surface area contributed by atoms with Crippen molar-refractivity contribution in [3.05, 3.63) is 12.2 Å². The molecular formula is C16H31N3O2. The Balaban J connectivity index is 2.26. The molecule has 1 heterocycles. The third-order valence-electron chi connectivity index (χ3n) is 4.27. The van der Waals surface area contributed by atoms with Gasteiger partial charge in [-0.2, -0.15) is 0 Å². The van der Waals surface area contributed by atoms with E-state index in [1.165, 1.54) is 5.57 Å². The normalized spacial score (nSPS) is 20.1. The lowest BCUT2D eigenvalue weighted by Gasteiger charge is -2.33. The molecule has 1 aliphatic heterocycles. The van der Waals surface area contributed by atoms with E-state index in [0.29, 0.717) is 0 Å². The SMILES string of the molecule is C=C(C)CN1CCC(NC(=O)NCC(C)(O)C(C)C)CC1. The lowest BCUT2D eigenvalue weighted by atomic mass is 9.93. The average molecular weight is 297 g/mol. The van der Waals surface area contributed by atoms with Gasteiger partial charge in [0.1, 0.15) is 0 Å². The van der Waals surface area contributed by atoms with Gasteiger partial charge in [-0.1, -0.05) is 26.0 Å². The molecule has 0 aromatic heterocycles. The van der Waals surface area contributed by atoms with Crippen molar-refractivity contribution >= 4 is 6.03 Å². The second-order valence-corrected chi connectivity index (χ2v) is 6.85. The maximum atomic E-state index is 11.9. The van der Waals surface area contributed by atoms with Crippen molar-refractivity contribution in [2.75, 3.05) is 26.2 Å². The molecule has 122 valence electrons. The van der Waals surface area contributed by atoms with Crippen LogP contribution in [0, 0.1) is 5.92 Å². The molecule has 5 nitrogen and oxygen atoms in total. The highest BCUT2D eigenvalue weighted by atomic mass is 16.3. The van der Waals surface area contributed by atoms with Gasteiger partial charge < -0.3 is 15.7 Å². The summed E-state index contributed by atoms with van der Waals surface area (Å²) >= 11 is 0. The summed E-state index contributed by atoms with van der Waals surface area (Å²) in [5.74, 6) is 0.100. The van der Waals surface area contributed by atoms with Gasteiger partial charge in [0.25, 0.3) is 0 Å². The van der Waals surface area contributed by atoms with Crippen LogP contribution in [-0.4, -0.2) is 53.9 Å². The third-order valence-corrected chi connectivity index (χ3v) is 4.27. The number of nitrogens with zero attached hydrogens (tertiary/aromatic N) is 1. The minimum absolute atomic E-state index is 0.100. The van der Waals surface area contributed by atoms with Crippen molar-refractivity contribution in [3.63, 3.8) is 0 Å². The lowest BCUT2D eigenvalue weighted by Crippen LogP contribution is -2.51. The van der Waals surface area contributed by atoms with Crippen LogP contribution in [0.3, 0.4) is 0 Å². The van der Waals surface area contributed by atoms with Crippen LogP contribution >= 0.6 is 0 Å². The highest BCUT2D eigenvalue weighted by Gasteiger charge is 2.26. The fourth-order valence-electron chi connectivity index (χ4n) is 2.32. The summed E-state index contributed by atoms with van der Waals surface area (Å²) < 4.78 is 0. The van der Waals surface area contributed by atoms with E-state index in [0.717, 1.165) is 32.5 Å². The van der Waals surface area contributed by atoms with Crippen molar-refractivity contribution in [1.82, 2.24) is 15.5 Å². The zero-order valence-corrected chi connectivity index (χ0v) is 13.9. The Labute approximate surface area is 128 Å². The largest absolute Gasteiger partial charge is 0.388 e. The first-order chi connectivity index (χ1) is 9.70. The van der Waals surface area contributed by atoms with E-state index < -0.39 is 5.60 Å². The fraction of sp³-hybridized carbons (Fsp3) is 0.812. The van der Waals surface area contributed by atoms with Crippen molar-refractivity contribution < 1.29 is 9.90 Å². The molecule has 1 saturated heterocycles. The summed E-state index contributed by atoms with van der Waals surface area (Å²) in [6.45, 7) is 14.8. The van der Waals surface area contributed by atoms with Crippen molar-refractivity contribution in [3.8, 4) is 0 Å². The lowest BCUT2D eigenvalue weighted by molar-refractivity contribution is 0.0164. The molecule has 0 aliphatic carbocycles. The maximum Gasteiger partial charge on any atom is 0.315 e. The van der Waals surface area contributed by atoms with Gasteiger partial charge in [-0.3, -0.25) is 4.90 Å². The molecule has 5 heteroatoms. The standard InChI is InChI=1S/C16H31N3O2/c1-12(2)10-19-8-6-14(7-9-19)18-15(20)17-11-16(5,21)13(3)4/h13-14,21H,1,6-11H2,2-5H3,(H2,17,18,20). The Morgan fingerprint density at radius 2 is 2.00 bits per heavy atom. The molecule has 0 aromatic rings. The summed E-state index contributed by atoms with van der Waals surface area (Å²) in [6, 6.07) is 0.0321. The van der Waals surface area contributed by atoms with Crippen LogP contribution < -0.4 is 10.6 Å². The maximum absolute atomic E-state index is 11.9. The van der Waals surface area contributed by atoms with Crippen LogP contribution in [0.1, 0.15) is 40.5 Å². The van der Waals surface area contributed by atoms with Crippen molar-refractivity contribution in [2.45, 2.75) is 52.2 Å². The van der Waals surface area contributed by atoms with E-state index in [1.54, 1.807) is 6.92 Å². The van der Waals surface area contributed by atoms with Crippen LogP contribution in [-0.2, 0) is 0 Å². The number of rotatable bonds is 6. The van der Waals surface area contributed by atoms with E-state index >= 15 is 0 Å². The molecule has 0 radical (unpaired) electrons. The number of piperidine rings is 1. The molecule has 0 aromatic carbocycles. The summed E-state index contributed by atoms with van der Waals surface area (Å²) in [5.41, 5.74) is 0.303. The van der Waals surface area contributed by atoms with Gasteiger partial charge in [0.05, 0.1) is 5.60 Å². The van der Waals surface area contributed by atoms with Crippen LogP contribution in [0.25, 0.3) is 0 Å². The molecule has 0 bridgehead atoms. The topological polar surface area (TPSA) is 64.6 Å². The number of urea groups is 1. The number of aliphatic hydroxyl groups is 1. The number of amides is 2. The minimum Gasteiger partial charge on any atom is -0.388 e. The second kappa shape index (κ2) is 7.80. The number of hydrogen-bond acceptors (Lipinski definition) is 3. The predicted molar refractivity (Wildman–Crippen MR) is 86.3 cm³/mol. The molecule has 1 atom stereocenters. The number of carbonyl (C=O) groups excluding carboxylic acids is 1. The quantitative estimate of drug-likeness (QED) is 0.654. The van der Waals surface area contributed by atoms with Gasteiger partial charge >= 0.3 is 6.03 Å². The zero-order valence-electron chi connectivity index (χ0n) is 13.9. The highest BCUT2D eigenvalue weighted by Crippen LogP contribution is 2.14. The summed E-state index contributed by atoms with van der Waals surface area (Å²) in [6.07, 6.45) is 1.92. The third kappa shape index (κ3) is 6.48. The predicted octanol–water partition coefficient (Wildman–Crippen LogP) is 1.73. The Morgan fingerprint density at radius 3 is 2.48 bits per heavy atom. The Hall–Kier alpha value is -1.07. The van der Waals surface area contributed by atoms with Crippen LogP contribution in [0.5, 0.6) is 0 Å². The van der Waals surface area contributed by atoms with E-state index in [9.17, 15) is 9.90 Å². The van der Waals surface area contributed by atoms with E-state index in [1.807, 2.05) is 20.8 Å². The molecule has 1 rings (SSSR count). The monoisotopic (exact) mass is 297 g/mol. The summed E-state index contributed by atoms with van der Waals surface area (Å²) in [5, 5.41) is 15.9. The number of carbonyl (C=O) groups is 1. The van der Waals surface area contributed by atoms with Crippen LogP contribution in [0.2, 0.25) is 0 Å². The molecule has 0 saturated carbocycles. The molecule has 0 spiro atoms. The minimum atomic E-state index is -0.873. The van der Waals surface area contributed by atoms with Gasteiger partial charge in [-0.15, -0.1) is 0 Å². The van der Waals surface area contributed by atoms with Gasteiger partial charge in [0.2, 0.25) is 0 Å². The van der Waals surface area contributed by atoms with Crippen molar-refractivity contribution in [2.24, 2.45) is 5.92 Å². The molecular weight excluding hydrogens is 266 g/mol. The van der Waals surface area contributed by atoms with Gasteiger partial charge in [-0.25, -0.2) is 4.79 Å². The van der Waals surface area contributed by atoms with Crippen LogP contribution in [0.15, 0.2) is 12.2 Å². The molecule has 1 unspecified atom stereocenters. The van der Waals surface area contributed by atoms with Crippen molar-refractivity contribution in [1.29, 1.82) is 0 Å². The molecule has 2 amide bonds. The molecule has 1 aliphatic rings. The second-order valence-electron chi connectivity index (χ2n) is 6.85. The first-order valence-corrected chi connectivity index (χ1v) is 7.84. The van der Waals surface area contributed by atoms with Gasteiger partial charge in [-0.05, 0) is 32.6 Å². The zero-order chi connectivity index (χ0) is 16.0. The fourth-order valence-corrected chi connectivity index (χ4v) is 2.32. The molecule has 3 N–H and O–H groups in total. The Kier molecular flexibility index (Phi) is 6.68. The van der Waals surface area contributed by atoms with E-state index in [2.05, 4.69) is 22.1 Å². The highest BCUT2D eigenvalue weighted by molar-refractivity contribution is 5.74. The number of hydrogen-bond donors (Lipinski definition) is 3. The van der Waals surface area contributed by atoms with Gasteiger partial charge in [0.15, 0.2) is 0 Å². The smallest absolute Gasteiger partial charge is 0.315 e. The number of nitrogens with one attached hydrogen (secondary N) is 2. The van der Waals surface area contributed by atoms with Gasteiger partial charge in [0, 0.05) is 32.2 Å². The Morgan fingerprint density at radius 1 is 1.43 bits per heavy atom. The first-order valence-electron chi connectivity index (χ1n) is 7.84. The average Bonchev–Trinajstić information content (AvgIpc) is 2.38. The first kappa shape index (κ1) is 18.0. The number of likely N-dealkylation sites (tertiary alicyclic amines) is 1. The van der Waals surface area contributed by atoms with E-state index in [4.69, 9.17) is 0 Å². The summed E-state index contributed by atoms with van der Waals surface area (Å²) in [7, 11) is 0. The Bertz CT molecular complexity index is 359.